The van der Waals surface area contributed by atoms with Crippen LogP contribution in [0.1, 0.15) is 17.3 Å². The molecule has 33 heavy (non-hydrogen) atoms. The van der Waals surface area contributed by atoms with Gasteiger partial charge in [-0.3, -0.25) is 15.1 Å². The average molecular weight is 459 g/mol. The summed E-state index contributed by atoms with van der Waals surface area (Å²) < 4.78 is 11.6. The molecule has 7 nitrogen and oxygen atoms in total. The number of amidine groups is 1. The van der Waals surface area contributed by atoms with Gasteiger partial charge < -0.3 is 9.47 Å². The van der Waals surface area contributed by atoms with Crippen molar-refractivity contribution < 1.29 is 14.3 Å². The fraction of sp³-hybridized carbons (Fsp3) is 0.160. The van der Waals surface area contributed by atoms with Gasteiger partial charge >= 0.3 is 0 Å². The quantitative estimate of drug-likeness (QED) is 0.636. The minimum Gasteiger partial charge on any atom is -0.493 e. The summed E-state index contributed by atoms with van der Waals surface area (Å²) in [6.07, 6.45) is 1.36. The second-order valence-electron chi connectivity index (χ2n) is 7.46. The Bertz CT molecular complexity index is 1360. The molecular formula is C25H22N4O3S. The van der Waals surface area contributed by atoms with Crippen LogP contribution in [0.2, 0.25) is 0 Å². The summed E-state index contributed by atoms with van der Waals surface area (Å²) in [5.74, 6) is 1.03. The summed E-state index contributed by atoms with van der Waals surface area (Å²) in [5, 5.41) is 11.2. The van der Waals surface area contributed by atoms with Crippen molar-refractivity contribution in [2.24, 2.45) is 10.1 Å². The number of carbonyl (C=O) groups excluding carboxylic acids is 1. The topological polar surface area (TPSA) is 75.5 Å². The molecule has 166 valence electrons. The van der Waals surface area contributed by atoms with E-state index in [1.807, 2.05) is 79.1 Å². The van der Waals surface area contributed by atoms with E-state index in [2.05, 4.69) is 10.4 Å². The number of hydrogen-bond acceptors (Lipinski definition) is 7. The third-order valence-corrected chi connectivity index (χ3v) is 6.00. The lowest BCUT2D eigenvalue weighted by Gasteiger charge is -2.34. The second-order valence-corrected chi connectivity index (χ2v) is 8.26. The van der Waals surface area contributed by atoms with Crippen molar-refractivity contribution in [3.05, 3.63) is 94.5 Å². The maximum absolute atomic E-state index is 13.0. The number of para-hydroxylation sites is 1. The van der Waals surface area contributed by atoms with Crippen molar-refractivity contribution in [2.75, 3.05) is 13.4 Å². The minimum absolute atomic E-state index is 0.198. The first-order valence-electron chi connectivity index (χ1n) is 10.4. The molecule has 8 heteroatoms. The monoisotopic (exact) mass is 458 g/mol. The molecule has 2 aliphatic heterocycles. The maximum atomic E-state index is 13.0. The first-order chi connectivity index (χ1) is 16.2. The van der Waals surface area contributed by atoms with Gasteiger partial charge in [-0.25, -0.2) is 5.01 Å². The molecule has 1 unspecified atom stereocenters. The predicted octanol–water partition coefficient (Wildman–Crippen LogP) is 2.78. The van der Waals surface area contributed by atoms with Crippen LogP contribution < -0.4 is 25.4 Å². The van der Waals surface area contributed by atoms with E-state index >= 15 is 0 Å². The number of hydrazone groups is 1. The van der Waals surface area contributed by atoms with Crippen LogP contribution in [0.5, 0.6) is 11.5 Å². The summed E-state index contributed by atoms with van der Waals surface area (Å²) in [6, 6.07) is 23.2. The van der Waals surface area contributed by atoms with Gasteiger partial charge in [0.05, 0.1) is 12.5 Å². The summed E-state index contributed by atoms with van der Waals surface area (Å²) in [7, 11) is 1.61. The van der Waals surface area contributed by atoms with Crippen LogP contribution in [0.3, 0.4) is 0 Å². The van der Waals surface area contributed by atoms with E-state index in [1.165, 1.54) is 11.8 Å². The van der Waals surface area contributed by atoms with Crippen molar-refractivity contribution in [3.8, 4) is 11.5 Å². The molecule has 0 bridgehead atoms. The Kier molecular flexibility index (Phi) is 5.75. The number of amides is 1. The fourth-order valence-corrected chi connectivity index (χ4v) is 4.20. The Morgan fingerprint density at radius 3 is 2.61 bits per heavy atom. The molecule has 2 heterocycles. The number of hydrogen-bond donors (Lipinski definition) is 1. The Morgan fingerprint density at radius 1 is 1.03 bits per heavy atom. The van der Waals surface area contributed by atoms with E-state index in [1.54, 1.807) is 12.1 Å². The highest BCUT2D eigenvalue weighted by atomic mass is 32.2. The third-order valence-electron chi connectivity index (χ3n) is 5.43. The van der Waals surface area contributed by atoms with Crippen molar-refractivity contribution in [1.29, 1.82) is 0 Å². The Morgan fingerprint density at radius 2 is 1.82 bits per heavy atom. The molecule has 3 aromatic carbocycles. The van der Waals surface area contributed by atoms with Crippen LogP contribution in [0, 0.1) is 0 Å². The molecule has 5 rings (SSSR count). The van der Waals surface area contributed by atoms with E-state index in [-0.39, 0.29) is 5.91 Å². The largest absolute Gasteiger partial charge is 0.493 e. The maximum Gasteiger partial charge on any atom is 0.276 e. The van der Waals surface area contributed by atoms with Gasteiger partial charge in [-0.05, 0) is 30.0 Å². The van der Waals surface area contributed by atoms with Gasteiger partial charge in [-0.2, -0.15) is 0 Å². The van der Waals surface area contributed by atoms with Crippen LogP contribution >= 0.6 is 11.8 Å². The summed E-state index contributed by atoms with van der Waals surface area (Å²) in [6.45, 7) is 0.434. The number of nitrogens with zero attached hydrogens (tertiary/aromatic N) is 3. The van der Waals surface area contributed by atoms with Gasteiger partial charge in [0.1, 0.15) is 12.3 Å². The first kappa shape index (κ1) is 21.1. The number of fused-ring (bicyclic) bond motifs is 2. The summed E-state index contributed by atoms with van der Waals surface area (Å²) in [5.41, 5.74) is 2.39. The highest BCUT2D eigenvalue weighted by Crippen LogP contribution is 2.36. The summed E-state index contributed by atoms with van der Waals surface area (Å²) >= 11 is 1.38. The van der Waals surface area contributed by atoms with Crippen LogP contribution in [0.4, 0.5) is 0 Å². The van der Waals surface area contributed by atoms with Crippen molar-refractivity contribution >= 4 is 28.5 Å². The van der Waals surface area contributed by atoms with E-state index in [0.29, 0.717) is 29.0 Å². The van der Waals surface area contributed by atoms with Crippen LogP contribution in [0.25, 0.3) is 5.70 Å². The van der Waals surface area contributed by atoms with Gasteiger partial charge in [0.15, 0.2) is 22.8 Å². The van der Waals surface area contributed by atoms with Gasteiger partial charge in [0.25, 0.3) is 5.91 Å². The summed E-state index contributed by atoms with van der Waals surface area (Å²) in [4.78, 5) is 17.9. The Labute approximate surface area is 195 Å². The highest BCUT2D eigenvalue weighted by molar-refractivity contribution is 8.13. The first-order valence-corrected chi connectivity index (χ1v) is 11.7. The zero-order chi connectivity index (χ0) is 22.8. The zero-order valence-corrected chi connectivity index (χ0v) is 19.0. The number of carbonyl (C=O) groups is 1. The van der Waals surface area contributed by atoms with Crippen molar-refractivity contribution in [2.45, 2.75) is 12.8 Å². The number of thioether (sulfide) groups is 1. The van der Waals surface area contributed by atoms with Gasteiger partial charge in [-0.1, -0.05) is 66.4 Å². The lowest BCUT2D eigenvalue weighted by Crippen LogP contribution is -2.50. The minimum atomic E-state index is -0.514. The molecule has 1 N–H and O–H groups in total. The molecule has 0 aromatic heterocycles. The Balaban J connectivity index is 1.54. The fourth-order valence-electron chi connectivity index (χ4n) is 3.84. The molecule has 0 spiro atoms. The van der Waals surface area contributed by atoms with E-state index in [0.717, 1.165) is 21.7 Å². The molecular weight excluding hydrogens is 436 g/mol. The molecule has 0 saturated heterocycles. The van der Waals surface area contributed by atoms with Crippen LogP contribution in [-0.2, 0) is 11.4 Å². The van der Waals surface area contributed by atoms with E-state index < -0.39 is 6.17 Å². The molecule has 0 aliphatic carbocycles. The van der Waals surface area contributed by atoms with E-state index in [4.69, 9.17) is 14.5 Å². The molecule has 0 radical (unpaired) electrons. The molecule has 0 saturated carbocycles. The SMILES string of the molecule is COc1cc(C2N=c3ccccc3=C3C(=O)NC(SC)=NN32)ccc1OCc1ccccc1. The number of rotatable bonds is 5. The van der Waals surface area contributed by atoms with E-state index in [9.17, 15) is 4.79 Å². The third kappa shape index (κ3) is 4.05. The molecule has 1 amide bonds. The van der Waals surface area contributed by atoms with Crippen LogP contribution in [-0.4, -0.2) is 29.4 Å². The number of ether oxygens (including phenoxy) is 2. The lowest BCUT2D eigenvalue weighted by atomic mass is 10.1. The van der Waals surface area contributed by atoms with Gasteiger partial charge in [-0.15, -0.1) is 5.10 Å². The van der Waals surface area contributed by atoms with Gasteiger partial charge in [0, 0.05) is 10.8 Å². The second kappa shape index (κ2) is 8.99. The van der Waals surface area contributed by atoms with Gasteiger partial charge in [0.2, 0.25) is 0 Å². The normalized spacial score (nSPS) is 16.7. The average Bonchev–Trinajstić information content (AvgIpc) is 2.87. The molecule has 1 atom stereocenters. The van der Waals surface area contributed by atoms with Crippen molar-refractivity contribution in [1.82, 2.24) is 10.3 Å². The van der Waals surface area contributed by atoms with Crippen molar-refractivity contribution in [3.63, 3.8) is 0 Å². The number of methoxy groups -OCH3 is 1. The predicted molar refractivity (Wildman–Crippen MR) is 128 cm³/mol. The lowest BCUT2D eigenvalue weighted by molar-refractivity contribution is -0.116. The Hall–Kier alpha value is -3.78. The van der Waals surface area contributed by atoms with Crippen LogP contribution in [0.15, 0.2) is 82.9 Å². The smallest absolute Gasteiger partial charge is 0.276 e. The number of benzene rings is 3. The molecule has 0 fully saturated rings. The standard InChI is InChI=1S/C25H22N4O3S/c1-31-21-14-17(12-13-20(21)32-15-16-8-4-3-5-9-16)23-26-19-11-7-6-10-18(19)22-24(30)27-25(33-2)28-29(22)23/h3-14,23H,15H2,1-2H3,(H,27,28,30). The number of nitrogens with one attached hydrogen (secondary N) is 1. The molecule has 2 aliphatic rings. The molecule has 3 aromatic rings. The zero-order valence-electron chi connectivity index (χ0n) is 18.2. The highest BCUT2D eigenvalue weighted by Gasteiger charge is 2.34.